The van der Waals surface area contributed by atoms with Crippen LogP contribution < -0.4 is 10.6 Å². The molecule has 3 heterocycles. The Bertz CT molecular complexity index is 827. The lowest BCUT2D eigenvalue weighted by atomic mass is 9.80. The molecule has 2 aromatic heterocycles. The first-order chi connectivity index (χ1) is 14.5. The highest BCUT2D eigenvalue weighted by Crippen LogP contribution is 2.29. The van der Waals surface area contributed by atoms with Gasteiger partial charge in [0, 0.05) is 31.4 Å². The van der Waals surface area contributed by atoms with Gasteiger partial charge in [-0.1, -0.05) is 34.6 Å². The second-order valence-corrected chi connectivity index (χ2v) is 10.1. The molecule has 31 heavy (non-hydrogen) atoms. The molecule has 0 bridgehead atoms. The summed E-state index contributed by atoms with van der Waals surface area (Å²) in [4.78, 5) is 17.7. The monoisotopic (exact) mass is 428 g/mol. The minimum absolute atomic E-state index is 0.00566. The van der Waals surface area contributed by atoms with Crippen LogP contribution in [0.1, 0.15) is 65.5 Å². The molecular weight excluding hydrogens is 392 g/mol. The van der Waals surface area contributed by atoms with E-state index in [9.17, 15) is 5.11 Å². The van der Waals surface area contributed by atoms with Crippen molar-refractivity contribution < 1.29 is 9.84 Å². The fourth-order valence-corrected chi connectivity index (χ4v) is 3.49. The average molecular weight is 429 g/mol. The van der Waals surface area contributed by atoms with Gasteiger partial charge in [-0.3, -0.25) is 0 Å². The van der Waals surface area contributed by atoms with Gasteiger partial charge in [-0.05, 0) is 41.7 Å². The Kier molecular flexibility index (Phi) is 7.11. The van der Waals surface area contributed by atoms with E-state index in [-0.39, 0.29) is 22.9 Å². The highest BCUT2D eigenvalue weighted by atomic mass is 16.5. The van der Waals surface area contributed by atoms with Crippen LogP contribution >= 0.6 is 0 Å². The van der Waals surface area contributed by atoms with Gasteiger partial charge in [0.1, 0.15) is 0 Å². The van der Waals surface area contributed by atoms with Gasteiger partial charge in [0.05, 0.1) is 24.8 Å². The third kappa shape index (κ3) is 6.33. The van der Waals surface area contributed by atoms with E-state index in [0.29, 0.717) is 24.9 Å². The summed E-state index contributed by atoms with van der Waals surface area (Å²) in [5.74, 6) is 1.13. The summed E-state index contributed by atoms with van der Waals surface area (Å²) in [5.41, 5.74) is 1.77. The van der Waals surface area contributed by atoms with Crippen molar-refractivity contribution in [3.63, 3.8) is 0 Å². The Hall–Kier alpha value is -2.32. The molecule has 0 aromatic carbocycles. The topological polar surface area (TPSA) is 105 Å². The lowest BCUT2D eigenvalue weighted by Gasteiger charge is -2.30. The number of anilines is 2. The van der Waals surface area contributed by atoms with Crippen LogP contribution in [0.25, 0.3) is 0 Å². The van der Waals surface area contributed by atoms with Crippen LogP contribution in [0.4, 0.5) is 11.9 Å². The Morgan fingerprint density at radius 3 is 2.13 bits per heavy atom. The van der Waals surface area contributed by atoms with E-state index in [2.05, 4.69) is 65.2 Å². The van der Waals surface area contributed by atoms with Gasteiger partial charge >= 0.3 is 0 Å². The van der Waals surface area contributed by atoms with Crippen LogP contribution in [0.15, 0.2) is 24.8 Å². The van der Waals surface area contributed by atoms with Gasteiger partial charge in [-0.15, -0.1) is 0 Å². The van der Waals surface area contributed by atoms with Gasteiger partial charge in [-0.2, -0.15) is 0 Å². The van der Waals surface area contributed by atoms with Gasteiger partial charge < -0.3 is 20.5 Å². The normalized spacial score (nSPS) is 19.1. The molecule has 1 saturated heterocycles. The van der Waals surface area contributed by atoms with E-state index >= 15 is 0 Å². The number of nitrogens with one attached hydrogen (secondary N) is 2. The summed E-state index contributed by atoms with van der Waals surface area (Å²) < 4.78 is 5.38. The van der Waals surface area contributed by atoms with E-state index in [1.807, 2.05) is 31.7 Å². The van der Waals surface area contributed by atoms with Crippen LogP contribution in [-0.2, 0) is 15.6 Å². The molecule has 0 spiro atoms. The number of hydrogen-bond acceptors (Lipinski definition) is 8. The number of rotatable bonds is 8. The molecule has 1 aliphatic rings. The predicted molar refractivity (Wildman–Crippen MR) is 122 cm³/mol. The molecular formula is C23H36N6O2. The SMILES string of the molecule is CC(Nc1ncc(C(C)(C)C)cn1)C(O)CC(C)(C)c1cnc(NC2CCOC2)nc1. The van der Waals surface area contributed by atoms with Crippen molar-refractivity contribution in [3.8, 4) is 0 Å². The smallest absolute Gasteiger partial charge is 0.222 e. The molecule has 0 radical (unpaired) electrons. The van der Waals surface area contributed by atoms with Crippen molar-refractivity contribution >= 4 is 11.9 Å². The maximum atomic E-state index is 10.8. The molecule has 0 aliphatic carbocycles. The zero-order valence-corrected chi connectivity index (χ0v) is 19.5. The third-order valence-corrected chi connectivity index (χ3v) is 5.87. The van der Waals surface area contributed by atoms with Crippen molar-refractivity contribution in [1.29, 1.82) is 0 Å². The average Bonchev–Trinajstić information content (AvgIpc) is 3.21. The number of aromatic nitrogens is 4. The maximum absolute atomic E-state index is 10.8. The second-order valence-electron chi connectivity index (χ2n) is 10.1. The van der Waals surface area contributed by atoms with Gasteiger partial charge in [0.2, 0.25) is 11.9 Å². The van der Waals surface area contributed by atoms with Crippen LogP contribution in [0.2, 0.25) is 0 Å². The lowest BCUT2D eigenvalue weighted by Crippen LogP contribution is -2.36. The molecule has 2 aromatic rings. The third-order valence-electron chi connectivity index (χ3n) is 5.87. The summed E-state index contributed by atoms with van der Waals surface area (Å²) in [7, 11) is 0. The minimum atomic E-state index is -0.589. The molecule has 8 heteroatoms. The molecule has 8 nitrogen and oxygen atoms in total. The molecule has 3 unspecified atom stereocenters. The first-order valence-electron chi connectivity index (χ1n) is 11.0. The molecule has 0 amide bonds. The zero-order valence-electron chi connectivity index (χ0n) is 19.5. The molecule has 3 rings (SSSR count). The second kappa shape index (κ2) is 9.44. The largest absolute Gasteiger partial charge is 0.391 e. The molecule has 3 N–H and O–H groups in total. The standard InChI is InChI=1S/C23H36N6O2/c1-15(28-20-24-10-16(11-25-20)22(2,3)4)19(30)9-23(5,6)17-12-26-21(27-13-17)29-18-7-8-31-14-18/h10-13,15,18-19,30H,7-9,14H2,1-6H3,(H,24,25,28)(H,26,27,29). The molecule has 3 atom stereocenters. The predicted octanol–water partition coefficient (Wildman–Crippen LogP) is 3.29. The minimum Gasteiger partial charge on any atom is -0.391 e. The van der Waals surface area contributed by atoms with Crippen LogP contribution in [-0.4, -0.2) is 56.4 Å². The van der Waals surface area contributed by atoms with Crippen molar-refractivity contribution in [2.45, 2.75) is 83.4 Å². The number of aliphatic hydroxyl groups is 1. The van der Waals surface area contributed by atoms with Crippen molar-refractivity contribution in [2.75, 3.05) is 23.8 Å². The quantitative estimate of drug-likeness (QED) is 0.588. The van der Waals surface area contributed by atoms with Crippen LogP contribution in [0.3, 0.4) is 0 Å². The number of ether oxygens (including phenoxy) is 1. The summed E-state index contributed by atoms with van der Waals surface area (Å²) in [6.07, 6.45) is 8.28. The molecule has 1 fully saturated rings. The fraction of sp³-hybridized carbons (Fsp3) is 0.652. The fourth-order valence-electron chi connectivity index (χ4n) is 3.49. The summed E-state index contributed by atoms with van der Waals surface area (Å²) >= 11 is 0. The van der Waals surface area contributed by atoms with Crippen molar-refractivity contribution in [3.05, 3.63) is 35.9 Å². The van der Waals surface area contributed by atoms with Gasteiger partial charge in [0.25, 0.3) is 0 Å². The van der Waals surface area contributed by atoms with E-state index in [1.54, 1.807) is 0 Å². The number of nitrogens with zero attached hydrogens (tertiary/aromatic N) is 4. The lowest BCUT2D eigenvalue weighted by molar-refractivity contribution is 0.123. The van der Waals surface area contributed by atoms with Crippen molar-refractivity contribution in [1.82, 2.24) is 19.9 Å². The summed E-state index contributed by atoms with van der Waals surface area (Å²) in [5, 5.41) is 17.3. The Balaban J connectivity index is 1.56. The highest BCUT2D eigenvalue weighted by molar-refractivity contribution is 5.31. The van der Waals surface area contributed by atoms with E-state index < -0.39 is 6.10 Å². The summed E-state index contributed by atoms with van der Waals surface area (Å²) in [6.45, 7) is 14.0. The summed E-state index contributed by atoms with van der Waals surface area (Å²) in [6, 6.07) is 0.0660. The molecule has 1 aliphatic heterocycles. The van der Waals surface area contributed by atoms with Crippen molar-refractivity contribution in [2.24, 2.45) is 0 Å². The molecule has 0 saturated carbocycles. The van der Waals surface area contributed by atoms with E-state index in [4.69, 9.17) is 4.74 Å². The van der Waals surface area contributed by atoms with Crippen LogP contribution in [0.5, 0.6) is 0 Å². The zero-order chi connectivity index (χ0) is 22.6. The van der Waals surface area contributed by atoms with Crippen LogP contribution in [0, 0.1) is 0 Å². The first kappa shape index (κ1) is 23.3. The van der Waals surface area contributed by atoms with Gasteiger partial charge in [-0.25, -0.2) is 19.9 Å². The Morgan fingerprint density at radius 1 is 1.00 bits per heavy atom. The first-order valence-corrected chi connectivity index (χ1v) is 11.0. The van der Waals surface area contributed by atoms with E-state index in [0.717, 1.165) is 24.2 Å². The molecule has 170 valence electrons. The Morgan fingerprint density at radius 2 is 1.58 bits per heavy atom. The number of hydrogen-bond donors (Lipinski definition) is 3. The van der Waals surface area contributed by atoms with Gasteiger partial charge in [0.15, 0.2) is 0 Å². The van der Waals surface area contributed by atoms with E-state index in [1.165, 1.54) is 0 Å². The highest BCUT2D eigenvalue weighted by Gasteiger charge is 2.28. The Labute approximate surface area is 185 Å². The number of aliphatic hydroxyl groups excluding tert-OH is 1. The maximum Gasteiger partial charge on any atom is 0.222 e.